The zero-order chi connectivity index (χ0) is 15.1. The summed E-state index contributed by atoms with van der Waals surface area (Å²) in [6.45, 7) is 2.83. The van der Waals surface area contributed by atoms with Crippen LogP contribution in [0.25, 0.3) is 0 Å². The lowest BCUT2D eigenvalue weighted by molar-refractivity contribution is -0.134. The molecule has 1 aliphatic rings. The first-order chi connectivity index (χ1) is 10.2. The van der Waals surface area contributed by atoms with Gasteiger partial charge in [0.15, 0.2) is 0 Å². The van der Waals surface area contributed by atoms with E-state index in [1.165, 1.54) is 0 Å². The molecule has 7 heteroatoms. The van der Waals surface area contributed by atoms with Crippen LogP contribution in [0.5, 0.6) is 0 Å². The van der Waals surface area contributed by atoms with Crippen molar-refractivity contribution in [2.45, 2.75) is 6.42 Å². The third-order valence-corrected chi connectivity index (χ3v) is 3.29. The smallest absolute Gasteiger partial charge is 0.238 e. The van der Waals surface area contributed by atoms with Gasteiger partial charge in [0.05, 0.1) is 26.2 Å². The van der Waals surface area contributed by atoms with Crippen LogP contribution in [0.4, 0.5) is 5.69 Å². The van der Waals surface area contributed by atoms with Gasteiger partial charge in [-0.1, -0.05) is 12.1 Å². The zero-order valence-electron chi connectivity index (χ0n) is 12.6. The van der Waals surface area contributed by atoms with Gasteiger partial charge in [0.25, 0.3) is 0 Å². The summed E-state index contributed by atoms with van der Waals surface area (Å²) in [5.41, 5.74) is 1.68. The van der Waals surface area contributed by atoms with Crippen molar-refractivity contribution in [1.29, 1.82) is 0 Å². The summed E-state index contributed by atoms with van der Waals surface area (Å²) in [6.07, 6.45) is 0.380. The first-order valence-electron chi connectivity index (χ1n) is 7.08. The molecule has 0 atom stereocenters. The molecule has 1 aromatic rings. The number of hydrogen-bond acceptors (Lipinski definition) is 4. The molecular weight excluding hydrogens is 306 g/mol. The summed E-state index contributed by atoms with van der Waals surface area (Å²) in [4.78, 5) is 25.4. The topological polar surface area (TPSA) is 70.7 Å². The van der Waals surface area contributed by atoms with Crippen LogP contribution in [-0.4, -0.2) is 56.6 Å². The Kier molecular flexibility index (Phi) is 7.87. The predicted octanol–water partition coefficient (Wildman–Crippen LogP) is 0.668. The second kappa shape index (κ2) is 9.40. The quantitative estimate of drug-likeness (QED) is 0.834. The van der Waals surface area contributed by atoms with E-state index in [0.717, 1.165) is 11.3 Å². The zero-order valence-corrected chi connectivity index (χ0v) is 13.4. The van der Waals surface area contributed by atoms with Gasteiger partial charge < -0.3 is 20.3 Å². The molecule has 2 N–H and O–H groups in total. The summed E-state index contributed by atoms with van der Waals surface area (Å²) in [5, 5.41) is 5.56. The van der Waals surface area contributed by atoms with Gasteiger partial charge >= 0.3 is 0 Å². The van der Waals surface area contributed by atoms with Gasteiger partial charge in [-0.2, -0.15) is 0 Å². The van der Waals surface area contributed by atoms with Crippen LogP contribution in [0.2, 0.25) is 0 Å². The van der Waals surface area contributed by atoms with Crippen molar-refractivity contribution in [1.82, 2.24) is 10.2 Å². The van der Waals surface area contributed by atoms with Gasteiger partial charge in [0.2, 0.25) is 11.8 Å². The third kappa shape index (κ3) is 5.63. The highest BCUT2D eigenvalue weighted by Crippen LogP contribution is 2.11. The van der Waals surface area contributed by atoms with E-state index in [2.05, 4.69) is 10.6 Å². The number of benzene rings is 1. The summed E-state index contributed by atoms with van der Waals surface area (Å²) in [7, 11) is 1.72. The molecule has 0 saturated carbocycles. The maximum Gasteiger partial charge on any atom is 0.238 e. The largest absolute Gasteiger partial charge is 0.378 e. The Morgan fingerprint density at radius 1 is 1.18 bits per heavy atom. The van der Waals surface area contributed by atoms with Crippen molar-refractivity contribution in [2.24, 2.45) is 0 Å². The molecule has 1 fully saturated rings. The molecule has 2 amide bonds. The number of anilines is 1. The Labute approximate surface area is 136 Å². The minimum absolute atomic E-state index is 0. The summed E-state index contributed by atoms with van der Waals surface area (Å²) in [5.74, 6) is 0.0277. The molecule has 0 spiro atoms. The van der Waals surface area contributed by atoms with E-state index in [9.17, 15) is 9.59 Å². The van der Waals surface area contributed by atoms with Crippen LogP contribution in [0.3, 0.4) is 0 Å². The lowest BCUT2D eigenvalue weighted by atomic mass is 10.1. The van der Waals surface area contributed by atoms with Gasteiger partial charge in [0, 0.05) is 18.8 Å². The van der Waals surface area contributed by atoms with Gasteiger partial charge in [-0.05, 0) is 24.7 Å². The van der Waals surface area contributed by atoms with Crippen LogP contribution in [0.1, 0.15) is 5.56 Å². The fourth-order valence-electron chi connectivity index (χ4n) is 2.17. The highest BCUT2D eigenvalue weighted by Gasteiger charge is 2.16. The number of rotatable bonds is 5. The van der Waals surface area contributed by atoms with Crippen molar-refractivity contribution >= 4 is 29.9 Å². The molecule has 22 heavy (non-hydrogen) atoms. The Hall–Kier alpha value is -1.63. The Morgan fingerprint density at radius 2 is 1.82 bits per heavy atom. The SMILES string of the molecule is CNCC(=O)Nc1ccc(CC(=O)N2CCOCC2)cc1.Cl. The van der Waals surface area contributed by atoms with E-state index < -0.39 is 0 Å². The molecule has 6 nitrogen and oxygen atoms in total. The summed E-state index contributed by atoms with van der Waals surface area (Å²) < 4.78 is 5.23. The van der Waals surface area contributed by atoms with Crippen molar-refractivity contribution in [3.05, 3.63) is 29.8 Å². The lowest BCUT2D eigenvalue weighted by Crippen LogP contribution is -2.41. The Bertz CT molecular complexity index is 487. The molecule has 0 radical (unpaired) electrons. The number of hydrogen-bond donors (Lipinski definition) is 2. The molecule has 1 saturated heterocycles. The fourth-order valence-corrected chi connectivity index (χ4v) is 2.17. The molecule has 0 bridgehead atoms. The average molecular weight is 328 g/mol. The van der Waals surface area contributed by atoms with Crippen molar-refractivity contribution in [2.75, 3.05) is 45.2 Å². The van der Waals surface area contributed by atoms with Gasteiger partial charge in [0.1, 0.15) is 0 Å². The molecule has 2 rings (SSSR count). The molecule has 1 heterocycles. The highest BCUT2D eigenvalue weighted by molar-refractivity contribution is 5.92. The molecule has 1 aromatic carbocycles. The number of halogens is 1. The van der Waals surface area contributed by atoms with Crippen LogP contribution < -0.4 is 10.6 Å². The lowest BCUT2D eigenvalue weighted by Gasteiger charge is -2.26. The molecule has 1 aliphatic heterocycles. The summed E-state index contributed by atoms with van der Waals surface area (Å²) in [6, 6.07) is 7.37. The number of morpholine rings is 1. The number of likely N-dealkylation sites (N-methyl/N-ethyl adjacent to an activating group) is 1. The van der Waals surface area contributed by atoms with Gasteiger partial charge in [-0.25, -0.2) is 0 Å². The normalized spacial score (nSPS) is 14.1. The maximum atomic E-state index is 12.1. The number of carbonyl (C=O) groups is 2. The second-order valence-corrected chi connectivity index (χ2v) is 4.95. The number of nitrogens with zero attached hydrogens (tertiary/aromatic N) is 1. The van der Waals surface area contributed by atoms with E-state index in [1.807, 2.05) is 29.2 Å². The van der Waals surface area contributed by atoms with Crippen LogP contribution in [0.15, 0.2) is 24.3 Å². The molecule has 0 aromatic heterocycles. The van der Waals surface area contributed by atoms with Crippen LogP contribution in [-0.2, 0) is 20.7 Å². The van der Waals surface area contributed by atoms with Crippen molar-refractivity contribution in [3.8, 4) is 0 Å². The maximum absolute atomic E-state index is 12.1. The number of carbonyl (C=O) groups excluding carboxylic acids is 2. The van der Waals surface area contributed by atoms with Crippen molar-refractivity contribution in [3.63, 3.8) is 0 Å². The van der Waals surface area contributed by atoms with Gasteiger partial charge in [-0.15, -0.1) is 12.4 Å². The van der Waals surface area contributed by atoms with Crippen LogP contribution >= 0.6 is 12.4 Å². The van der Waals surface area contributed by atoms with E-state index in [4.69, 9.17) is 4.74 Å². The second-order valence-electron chi connectivity index (χ2n) is 4.95. The first-order valence-corrected chi connectivity index (χ1v) is 7.08. The standard InChI is InChI=1S/C15H21N3O3.ClH/c1-16-11-14(19)17-13-4-2-12(3-5-13)10-15(20)18-6-8-21-9-7-18;/h2-5,16H,6-11H2,1H3,(H,17,19);1H. The van der Waals surface area contributed by atoms with Gasteiger partial charge in [-0.3, -0.25) is 9.59 Å². The molecule has 122 valence electrons. The first kappa shape index (κ1) is 18.4. The Morgan fingerprint density at radius 3 is 2.41 bits per heavy atom. The number of amides is 2. The van der Waals surface area contributed by atoms with E-state index in [0.29, 0.717) is 32.7 Å². The highest BCUT2D eigenvalue weighted by atomic mass is 35.5. The number of ether oxygens (including phenoxy) is 1. The minimum Gasteiger partial charge on any atom is -0.378 e. The Balaban J connectivity index is 0.00000242. The van der Waals surface area contributed by atoms with Crippen molar-refractivity contribution < 1.29 is 14.3 Å². The average Bonchev–Trinajstić information content (AvgIpc) is 2.50. The molecular formula is C15H22ClN3O3. The minimum atomic E-state index is -0.0883. The third-order valence-electron chi connectivity index (χ3n) is 3.29. The molecule has 0 aliphatic carbocycles. The van der Waals surface area contributed by atoms with E-state index in [1.54, 1.807) is 7.05 Å². The molecule has 0 unspecified atom stereocenters. The van der Waals surface area contributed by atoms with E-state index >= 15 is 0 Å². The number of nitrogens with one attached hydrogen (secondary N) is 2. The summed E-state index contributed by atoms with van der Waals surface area (Å²) >= 11 is 0. The van der Waals surface area contributed by atoms with E-state index in [-0.39, 0.29) is 30.8 Å². The monoisotopic (exact) mass is 327 g/mol. The fraction of sp³-hybridized carbons (Fsp3) is 0.467. The van der Waals surface area contributed by atoms with Crippen LogP contribution in [0, 0.1) is 0 Å². The predicted molar refractivity (Wildman–Crippen MR) is 87.3 cm³/mol.